The van der Waals surface area contributed by atoms with Crippen LogP contribution in [0.25, 0.3) is 10.8 Å². The highest BCUT2D eigenvalue weighted by Gasteiger charge is 2.23. The molecule has 2 aromatic carbocycles. The Bertz CT molecular complexity index is 526. The molecular weight excluding hydrogens is 220 g/mol. The van der Waals surface area contributed by atoms with E-state index in [2.05, 4.69) is 73.6 Å². The molecule has 0 heterocycles. The minimum atomic E-state index is 0.0822. The summed E-state index contributed by atoms with van der Waals surface area (Å²) >= 11 is 0. The van der Waals surface area contributed by atoms with Gasteiger partial charge < -0.3 is 10.2 Å². The van der Waals surface area contributed by atoms with E-state index >= 15 is 0 Å². The fourth-order valence-corrected chi connectivity index (χ4v) is 2.38. The maximum atomic E-state index is 3.27. The van der Waals surface area contributed by atoms with Gasteiger partial charge in [0.25, 0.3) is 0 Å². The van der Waals surface area contributed by atoms with E-state index in [1.54, 1.807) is 0 Å². The van der Waals surface area contributed by atoms with Crippen LogP contribution < -0.4 is 10.2 Å². The summed E-state index contributed by atoms with van der Waals surface area (Å²) < 4.78 is 0. The van der Waals surface area contributed by atoms with E-state index in [-0.39, 0.29) is 5.54 Å². The molecule has 0 saturated heterocycles. The highest BCUT2D eigenvalue weighted by atomic mass is 15.2. The topological polar surface area (TPSA) is 15.3 Å². The first-order valence-electron chi connectivity index (χ1n) is 6.42. The van der Waals surface area contributed by atoms with Gasteiger partial charge in [0.05, 0.1) is 0 Å². The first-order chi connectivity index (χ1) is 8.56. The Labute approximate surface area is 110 Å². The molecule has 1 N–H and O–H groups in total. The van der Waals surface area contributed by atoms with Gasteiger partial charge in [0, 0.05) is 30.2 Å². The zero-order valence-corrected chi connectivity index (χ0v) is 11.7. The highest BCUT2D eigenvalue weighted by molar-refractivity contribution is 5.94. The Morgan fingerprint density at radius 1 is 1.06 bits per heavy atom. The summed E-state index contributed by atoms with van der Waals surface area (Å²) in [5.41, 5.74) is 1.37. The molecule has 96 valence electrons. The lowest BCUT2D eigenvalue weighted by Gasteiger charge is -2.38. The van der Waals surface area contributed by atoms with Crippen LogP contribution in [0, 0.1) is 0 Å². The van der Waals surface area contributed by atoms with Gasteiger partial charge in [-0.2, -0.15) is 0 Å². The molecule has 0 spiro atoms. The Balaban J connectivity index is 2.48. The second-order valence-electron chi connectivity index (χ2n) is 5.40. The van der Waals surface area contributed by atoms with Gasteiger partial charge >= 0.3 is 0 Å². The molecule has 0 radical (unpaired) electrons. The molecule has 2 nitrogen and oxygen atoms in total. The van der Waals surface area contributed by atoms with E-state index in [0.717, 1.165) is 6.54 Å². The van der Waals surface area contributed by atoms with Crippen LogP contribution in [0.5, 0.6) is 0 Å². The summed E-state index contributed by atoms with van der Waals surface area (Å²) in [5.74, 6) is 0. The number of fused-ring (bicyclic) bond motifs is 1. The van der Waals surface area contributed by atoms with Crippen LogP contribution in [-0.2, 0) is 0 Å². The monoisotopic (exact) mass is 242 g/mol. The maximum Gasteiger partial charge on any atom is 0.0467 e. The molecular formula is C16H22N2. The molecule has 18 heavy (non-hydrogen) atoms. The third-order valence-corrected chi connectivity index (χ3v) is 3.65. The normalized spacial score (nSPS) is 11.8. The van der Waals surface area contributed by atoms with Crippen LogP contribution in [0.4, 0.5) is 5.69 Å². The van der Waals surface area contributed by atoms with Crippen molar-refractivity contribution in [2.75, 3.05) is 25.5 Å². The van der Waals surface area contributed by atoms with Crippen molar-refractivity contribution in [2.45, 2.75) is 19.4 Å². The summed E-state index contributed by atoms with van der Waals surface area (Å²) in [6, 6.07) is 15.0. The van der Waals surface area contributed by atoms with E-state index in [4.69, 9.17) is 0 Å². The second-order valence-corrected chi connectivity index (χ2v) is 5.40. The lowest BCUT2D eigenvalue weighted by molar-refractivity contribution is 0.464. The first-order valence-corrected chi connectivity index (χ1v) is 6.42. The average molecular weight is 242 g/mol. The number of hydrogen-bond acceptors (Lipinski definition) is 2. The summed E-state index contributed by atoms with van der Waals surface area (Å²) in [6.07, 6.45) is 0. The number of rotatable bonds is 4. The molecule has 2 heteroatoms. The van der Waals surface area contributed by atoms with E-state index < -0.39 is 0 Å². The van der Waals surface area contributed by atoms with E-state index in [1.165, 1.54) is 16.5 Å². The van der Waals surface area contributed by atoms with Gasteiger partial charge in [-0.05, 0) is 32.3 Å². The lowest BCUT2D eigenvalue weighted by Crippen LogP contribution is -2.48. The van der Waals surface area contributed by atoms with Crippen LogP contribution in [0.1, 0.15) is 13.8 Å². The molecule has 0 atom stereocenters. The second kappa shape index (κ2) is 4.99. The zero-order valence-electron chi connectivity index (χ0n) is 11.7. The maximum absolute atomic E-state index is 3.27. The van der Waals surface area contributed by atoms with Gasteiger partial charge in [0.1, 0.15) is 0 Å². The lowest BCUT2D eigenvalue weighted by atomic mass is 10.00. The van der Waals surface area contributed by atoms with Crippen LogP contribution in [0.3, 0.4) is 0 Å². The largest absolute Gasteiger partial charge is 0.368 e. The number of nitrogens with zero attached hydrogens (tertiary/aromatic N) is 1. The average Bonchev–Trinajstić information content (AvgIpc) is 2.37. The number of likely N-dealkylation sites (N-methyl/N-ethyl adjacent to an activating group) is 2. The number of benzene rings is 2. The van der Waals surface area contributed by atoms with E-state index in [9.17, 15) is 0 Å². The third-order valence-electron chi connectivity index (χ3n) is 3.65. The van der Waals surface area contributed by atoms with Crippen molar-refractivity contribution < 1.29 is 0 Å². The van der Waals surface area contributed by atoms with Gasteiger partial charge in [-0.3, -0.25) is 0 Å². The van der Waals surface area contributed by atoms with Crippen LogP contribution >= 0.6 is 0 Å². The van der Waals surface area contributed by atoms with Gasteiger partial charge in [-0.15, -0.1) is 0 Å². The van der Waals surface area contributed by atoms with Crippen molar-refractivity contribution in [1.82, 2.24) is 5.32 Å². The standard InChI is InChI=1S/C16H22N2/c1-16(2,12-17-3)18(4)15-11-7-9-13-8-5-6-10-14(13)15/h5-11,17H,12H2,1-4H3. The molecule has 0 aliphatic carbocycles. The Kier molecular flexibility index (Phi) is 3.58. The molecule has 0 bridgehead atoms. The summed E-state index contributed by atoms with van der Waals surface area (Å²) in [7, 11) is 4.16. The van der Waals surface area contributed by atoms with Crippen molar-refractivity contribution in [2.24, 2.45) is 0 Å². The molecule has 0 aliphatic rings. The Hall–Kier alpha value is -1.54. The van der Waals surface area contributed by atoms with Crippen LogP contribution in [0.2, 0.25) is 0 Å². The van der Waals surface area contributed by atoms with Crippen molar-refractivity contribution in [1.29, 1.82) is 0 Å². The predicted octanol–water partition coefficient (Wildman–Crippen LogP) is 3.27. The third kappa shape index (κ3) is 2.34. The minimum absolute atomic E-state index is 0.0822. The molecule has 2 rings (SSSR count). The van der Waals surface area contributed by atoms with Gasteiger partial charge in [-0.1, -0.05) is 36.4 Å². The number of hydrogen-bond donors (Lipinski definition) is 1. The molecule has 0 saturated carbocycles. The van der Waals surface area contributed by atoms with Crippen molar-refractivity contribution in [3.05, 3.63) is 42.5 Å². The SMILES string of the molecule is CNCC(C)(C)N(C)c1cccc2ccccc12. The number of nitrogens with one attached hydrogen (secondary N) is 1. The fraction of sp³-hybridized carbons (Fsp3) is 0.375. The highest BCUT2D eigenvalue weighted by Crippen LogP contribution is 2.29. The summed E-state index contributed by atoms with van der Waals surface area (Å²) in [6.45, 7) is 5.46. The molecule has 0 amide bonds. The van der Waals surface area contributed by atoms with Crippen LogP contribution in [0.15, 0.2) is 42.5 Å². The molecule has 2 aromatic rings. The fourth-order valence-electron chi connectivity index (χ4n) is 2.38. The van der Waals surface area contributed by atoms with Gasteiger partial charge in [0.2, 0.25) is 0 Å². The van der Waals surface area contributed by atoms with Gasteiger partial charge in [0.15, 0.2) is 0 Å². The van der Waals surface area contributed by atoms with Crippen molar-refractivity contribution in [3.8, 4) is 0 Å². The van der Waals surface area contributed by atoms with Crippen molar-refractivity contribution >= 4 is 16.5 Å². The summed E-state index contributed by atoms with van der Waals surface area (Å²) in [5, 5.41) is 5.87. The molecule has 0 aliphatic heterocycles. The first kappa shape index (κ1) is 12.9. The van der Waals surface area contributed by atoms with E-state index in [1.807, 2.05) is 7.05 Å². The quantitative estimate of drug-likeness (QED) is 0.885. The van der Waals surface area contributed by atoms with Gasteiger partial charge in [-0.25, -0.2) is 0 Å². The molecule has 0 aromatic heterocycles. The summed E-state index contributed by atoms with van der Waals surface area (Å²) in [4.78, 5) is 2.35. The smallest absolute Gasteiger partial charge is 0.0467 e. The van der Waals surface area contributed by atoms with Crippen LogP contribution in [-0.4, -0.2) is 26.2 Å². The predicted molar refractivity (Wildman–Crippen MR) is 80.4 cm³/mol. The number of anilines is 1. The molecule has 0 unspecified atom stereocenters. The zero-order chi connectivity index (χ0) is 13.2. The molecule has 0 fully saturated rings. The minimum Gasteiger partial charge on any atom is -0.368 e. The Morgan fingerprint density at radius 3 is 2.44 bits per heavy atom. The van der Waals surface area contributed by atoms with Crippen molar-refractivity contribution in [3.63, 3.8) is 0 Å². The van der Waals surface area contributed by atoms with E-state index in [0.29, 0.717) is 0 Å². The Morgan fingerprint density at radius 2 is 1.72 bits per heavy atom.